The molecule has 2 aromatic rings. The first-order valence-electron chi connectivity index (χ1n) is 9.70. The number of nitrogens with one attached hydrogen (secondary N) is 3. The smallest absolute Gasteiger partial charge is 0.306 e. The highest BCUT2D eigenvalue weighted by Gasteiger charge is 2.10. The zero-order valence-electron chi connectivity index (χ0n) is 17.2. The van der Waals surface area contributed by atoms with E-state index in [-0.39, 0.29) is 31.2 Å². The zero-order valence-corrected chi connectivity index (χ0v) is 18.0. The van der Waals surface area contributed by atoms with Gasteiger partial charge in [0.1, 0.15) is 5.75 Å². The van der Waals surface area contributed by atoms with Gasteiger partial charge in [0.25, 0.3) is 5.91 Å². The van der Waals surface area contributed by atoms with Crippen LogP contribution in [0.3, 0.4) is 0 Å². The molecule has 3 N–H and O–H groups in total. The molecule has 0 aliphatic carbocycles. The molecule has 8 nitrogen and oxygen atoms in total. The Morgan fingerprint density at radius 3 is 2.35 bits per heavy atom. The summed E-state index contributed by atoms with van der Waals surface area (Å²) in [5.41, 5.74) is 6.71. The van der Waals surface area contributed by atoms with E-state index in [4.69, 9.17) is 21.7 Å². The molecule has 9 heteroatoms. The normalized spacial score (nSPS) is 9.97. The van der Waals surface area contributed by atoms with E-state index >= 15 is 0 Å². The molecule has 0 unspecified atom stereocenters. The number of hydrazine groups is 1. The average molecular weight is 444 g/mol. The van der Waals surface area contributed by atoms with Crippen molar-refractivity contribution >= 4 is 35.1 Å². The number of hydrogen-bond acceptors (Lipinski definition) is 6. The number of ether oxygens (including phenoxy) is 2. The molecule has 0 bridgehead atoms. The summed E-state index contributed by atoms with van der Waals surface area (Å²) in [4.78, 5) is 35.4. The Kier molecular flexibility index (Phi) is 9.96. The van der Waals surface area contributed by atoms with Crippen LogP contribution in [0, 0.1) is 6.92 Å². The first-order chi connectivity index (χ1) is 14.9. The van der Waals surface area contributed by atoms with Gasteiger partial charge in [0, 0.05) is 12.8 Å². The lowest BCUT2D eigenvalue weighted by molar-refractivity contribution is -0.144. The second-order valence-corrected chi connectivity index (χ2v) is 6.97. The van der Waals surface area contributed by atoms with E-state index in [1.165, 1.54) is 0 Å². The summed E-state index contributed by atoms with van der Waals surface area (Å²) in [5, 5.41) is 2.28. The van der Waals surface area contributed by atoms with Crippen LogP contribution in [0.4, 0.5) is 0 Å². The van der Waals surface area contributed by atoms with Crippen molar-refractivity contribution in [1.29, 1.82) is 0 Å². The lowest BCUT2D eigenvalue weighted by Crippen LogP contribution is -2.49. The van der Waals surface area contributed by atoms with Crippen LogP contribution in [0.5, 0.6) is 5.75 Å². The van der Waals surface area contributed by atoms with Gasteiger partial charge in [-0.25, -0.2) is 0 Å². The maximum atomic E-state index is 11.9. The molecule has 0 saturated carbocycles. The SMILES string of the molecule is Cc1ccccc1OCC(=O)NNC(=S)NC(=O)CCC(=O)OCCc1ccccc1. The molecule has 0 saturated heterocycles. The number of carbonyl (C=O) groups excluding carboxylic acids is 3. The third-order valence-corrected chi connectivity index (χ3v) is 4.28. The Labute approximate surface area is 186 Å². The Morgan fingerprint density at radius 1 is 0.903 bits per heavy atom. The molecule has 0 aliphatic rings. The Bertz CT molecular complexity index is 905. The highest BCUT2D eigenvalue weighted by Crippen LogP contribution is 2.15. The molecular weight excluding hydrogens is 418 g/mol. The summed E-state index contributed by atoms with van der Waals surface area (Å²) >= 11 is 4.94. The fourth-order valence-electron chi connectivity index (χ4n) is 2.46. The quantitative estimate of drug-likeness (QED) is 0.309. The zero-order chi connectivity index (χ0) is 22.5. The number of thiocarbonyl (C=S) groups is 1. The van der Waals surface area contributed by atoms with Crippen LogP contribution in [-0.2, 0) is 25.5 Å². The second-order valence-electron chi connectivity index (χ2n) is 6.56. The average Bonchev–Trinajstić information content (AvgIpc) is 2.76. The number of hydrogen-bond donors (Lipinski definition) is 3. The van der Waals surface area contributed by atoms with Crippen LogP contribution in [0.1, 0.15) is 24.0 Å². The fraction of sp³-hybridized carbons (Fsp3) is 0.273. The highest BCUT2D eigenvalue weighted by atomic mass is 32.1. The van der Waals surface area contributed by atoms with Gasteiger partial charge in [0.05, 0.1) is 13.0 Å². The van der Waals surface area contributed by atoms with E-state index in [0.717, 1.165) is 11.1 Å². The van der Waals surface area contributed by atoms with E-state index in [1.54, 1.807) is 6.07 Å². The first-order valence-corrected chi connectivity index (χ1v) is 10.1. The molecule has 2 aromatic carbocycles. The van der Waals surface area contributed by atoms with Crippen LogP contribution in [0.25, 0.3) is 0 Å². The molecule has 164 valence electrons. The molecule has 2 rings (SSSR count). The number of amides is 2. The van der Waals surface area contributed by atoms with E-state index in [2.05, 4.69) is 16.2 Å². The van der Waals surface area contributed by atoms with Crippen LogP contribution in [-0.4, -0.2) is 36.1 Å². The molecule has 31 heavy (non-hydrogen) atoms. The second kappa shape index (κ2) is 13.0. The van der Waals surface area contributed by atoms with Crippen molar-refractivity contribution in [2.75, 3.05) is 13.2 Å². The number of esters is 1. The predicted molar refractivity (Wildman–Crippen MR) is 119 cm³/mol. The van der Waals surface area contributed by atoms with E-state index < -0.39 is 17.8 Å². The van der Waals surface area contributed by atoms with E-state index in [1.807, 2.05) is 55.5 Å². The van der Waals surface area contributed by atoms with Crippen LogP contribution in [0.15, 0.2) is 54.6 Å². The summed E-state index contributed by atoms with van der Waals surface area (Å²) in [6, 6.07) is 16.9. The van der Waals surface area contributed by atoms with Crippen molar-refractivity contribution in [2.24, 2.45) is 0 Å². The van der Waals surface area contributed by atoms with E-state index in [9.17, 15) is 14.4 Å². The number of rotatable bonds is 9. The molecular formula is C22H25N3O5S. The van der Waals surface area contributed by atoms with Gasteiger partial charge in [-0.15, -0.1) is 0 Å². The van der Waals surface area contributed by atoms with Gasteiger partial charge in [0.2, 0.25) is 5.91 Å². The van der Waals surface area contributed by atoms with Gasteiger partial charge in [-0.1, -0.05) is 48.5 Å². The Balaban J connectivity index is 1.55. The summed E-state index contributed by atoms with van der Waals surface area (Å²) in [5.74, 6) is -0.805. The number of carbonyl (C=O) groups is 3. The van der Waals surface area contributed by atoms with Gasteiger partial charge in [-0.05, 0) is 36.3 Å². The molecule has 0 spiro atoms. The number of para-hydroxylation sites is 1. The van der Waals surface area contributed by atoms with Crippen molar-refractivity contribution in [1.82, 2.24) is 16.2 Å². The van der Waals surface area contributed by atoms with Crippen LogP contribution < -0.4 is 20.9 Å². The third-order valence-electron chi connectivity index (χ3n) is 4.07. The lowest BCUT2D eigenvalue weighted by Gasteiger charge is -2.12. The minimum atomic E-state index is -0.471. The summed E-state index contributed by atoms with van der Waals surface area (Å²) in [6.45, 7) is 1.90. The fourth-order valence-corrected chi connectivity index (χ4v) is 2.62. The lowest BCUT2D eigenvalue weighted by atomic mass is 10.2. The molecule has 0 heterocycles. The molecule has 0 aliphatic heterocycles. The van der Waals surface area contributed by atoms with Crippen molar-refractivity contribution in [3.63, 3.8) is 0 Å². The first kappa shape index (κ1) is 23.8. The standard InChI is InChI=1S/C22H25N3O5S/c1-16-7-5-6-10-18(16)30-15-20(27)24-25-22(31)23-19(26)11-12-21(28)29-14-13-17-8-3-2-4-9-17/h2-10H,11-15H2,1H3,(H,24,27)(H2,23,25,26,31). The maximum absolute atomic E-state index is 11.9. The predicted octanol–water partition coefficient (Wildman–Crippen LogP) is 1.96. The van der Waals surface area contributed by atoms with Crippen molar-refractivity contribution < 1.29 is 23.9 Å². The highest BCUT2D eigenvalue weighted by molar-refractivity contribution is 7.80. The Hall–Kier alpha value is -3.46. The van der Waals surface area contributed by atoms with Crippen LogP contribution >= 0.6 is 12.2 Å². The third kappa shape index (κ3) is 9.72. The molecule has 0 fully saturated rings. The van der Waals surface area contributed by atoms with Crippen molar-refractivity contribution in [3.8, 4) is 5.75 Å². The van der Waals surface area contributed by atoms with E-state index in [0.29, 0.717) is 12.2 Å². The topological polar surface area (TPSA) is 106 Å². The molecule has 0 radical (unpaired) electrons. The molecule has 2 amide bonds. The van der Waals surface area contributed by atoms with Gasteiger partial charge < -0.3 is 14.8 Å². The van der Waals surface area contributed by atoms with Gasteiger partial charge >= 0.3 is 5.97 Å². The number of aryl methyl sites for hydroxylation is 1. The molecule has 0 atom stereocenters. The summed E-state index contributed by atoms with van der Waals surface area (Å²) < 4.78 is 10.5. The minimum absolute atomic E-state index is 0.0696. The molecule has 0 aromatic heterocycles. The maximum Gasteiger partial charge on any atom is 0.306 e. The van der Waals surface area contributed by atoms with Crippen molar-refractivity contribution in [3.05, 3.63) is 65.7 Å². The van der Waals surface area contributed by atoms with Gasteiger partial charge in [-0.2, -0.15) is 0 Å². The van der Waals surface area contributed by atoms with Crippen LogP contribution in [0.2, 0.25) is 0 Å². The largest absolute Gasteiger partial charge is 0.483 e. The van der Waals surface area contributed by atoms with Crippen molar-refractivity contribution in [2.45, 2.75) is 26.2 Å². The summed E-state index contributed by atoms with van der Waals surface area (Å²) in [6.07, 6.45) is 0.455. The minimum Gasteiger partial charge on any atom is -0.483 e. The Morgan fingerprint density at radius 2 is 1.61 bits per heavy atom. The number of benzene rings is 2. The van der Waals surface area contributed by atoms with Gasteiger partial charge in [0.15, 0.2) is 11.7 Å². The summed E-state index contributed by atoms with van der Waals surface area (Å²) in [7, 11) is 0. The monoisotopic (exact) mass is 443 g/mol. The van der Waals surface area contributed by atoms with Gasteiger partial charge in [-0.3, -0.25) is 25.2 Å².